The molecule has 1 aromatic heterocycles. The monoisotopic (exact) mass is 219 g/mol. The van der Waals surface area contributed by atoms with Gasteiger partial charge in [-0.3, -0.25) is 4.98 Å². The minimum Gasteiger partial charge on any atom is -0.476 e. The molecule has 4 heteroatoms. The minimum absolute atomic E-state index is 0.655. The molecule has 1 heterocycles. The third-order valence-corrected chi connectivity index (χ3v) is 2.99. The van der Waals surface area contributed by atoms with Crippen LogP contribution in [0.3, 0.4) is 0 Å². The predicted molar refractivity (Wildman–Crippen MR) is 60.1 cm³/mol. The molecule has 1 N–H and O–H groups in total. The molecule has 4 nitrogen and oxygen atoms in total. The summed E-state index contributed by atoms with van der Waals surface area (Å²) in [6.45, 7) is 1.62. The van der Waals surface area contributed by atoms with E-state index in [1.165, 1.54) is 25.7 Å². The van der Waals surface area contributed by atoms with E-state index in [9.17, 15) is 0 Å². The van der Waals surface area contributed by atoms with Gasteiger partial charge in [-0.1, -0.05) is 0 Å². The first-order valence-electron chi connectivity index (χ1n) is 6.07. The molecule has 2 aliphatic carbocycles. The summed E-state index contributed by atoms with van der Waals surface area (Å²) in [5, 5.41) is 3.41. The van der Waals surface area contributed by atoms with Gasteiger partial charge in [-0.05, 0) is 31.6 Å². The van der Waals surface area contributed by atoms with Crippen LogP contribution in [0.4, 0.5) is 0 Å². The van der Waals surface area contributed by atoms with Crippen LogP contribution in [0.25, 0.3) is 0 Å². The largest absolute Gasteiger partial charge is 0.476 e. The van der Waals surface area contributed by atoms with Gasteiger partial charge in [-0.2, -0.15) is 0 Å². The van der Waals surface area contributed by atoms with Crippen LogP contribution in [-0.4, -0.2) is 22.6 Å². The van der Waals surface area contributed by atoms with Crippen LogP contribution in [0.15, 0.2) is 12.4 Å². The van der Waals surface area contributed by atoms with E-state index < -0.39 is 0 Å². The molecule has 2 saturated carbocycles. The van der Waals surface area contributed by atoms with Crippen LogP contribution in [0.2, 0.25) is 0 Å². The third kappa shape index (κ3) is 2.92. The molecule has 2 fully saturated rings. The molecule has 0 unspecified atom stereocenters. The zero-order valence-corrected chi connectivity index (χ0v) is 9.35. The van der Waals surface area contributed by atoms with Gasteiger partial charge in [0.2, 0.25) is 5.88 Å². The van der Waals surface area contributed by atoms with Crippen molar-refractivity contribution in [1.82, 2.24) is 15.3 Å². The number of ether oxygens (including phenoxy) is 1. The molecule has 1 aromatic rings. The number of nitrogens with zero attached hydrogens (tertiary/aromatic N) is 2. The van der Waals surface area contributed by atoms with E-state index in [2.05, 4.69) is 15.3 Å². The van der Waals surface area contributed by atoms with Crippen molar-refractivity contribution in [2.45, 2.75) is 38.3 Å². The number of aromatic nitrogens is 2. The number of hydrogen-bond donors (Lipinski definition) is 1. The maximum absolute atomic E-state index is 5.53. The van der Waals surface area contributed by atoms with Crippen LogP contribution < -0.4 is 10.1 Å². The van der Waals surface area contributed by atoms with Gasteiger partial charge in [0.25, 0.3) is 0 Å². The van der Waals surface area contributed by atoms with Gasteiger partial charge in [-0.25, -0.2) is 4.98 Å². The summed E-state index contributed by atoms with van der Waals surface area (Å²) in [5.41, 5.74) is 0.991. The molecule has 0 atom stereocenters. The Bertz CT molecular complexity index is 309. The summed E-state index contributed by atoms with van der Waals surface area (Å²) in [7, 11) is 0. The fraction of sp³-hybridized carbons (Fsp3) is 0.667. The van der Waals surface area contributed by atoms with Gasteiger partial charge >= 0.3 is 0 Å². The fourth-order valence-electron chi connectivity index (χ4n) is 1.53. The molecule has 0 saturated heterocycles. The Balaban J connectivity index is 1.47. The first-order chi connectivity index (χ1) is 7.90. The smallest absolute Gasteiger partial charge is 0.232 e. The molecule has 0 bridgehead atoms. The number of hydrogen-bond acceptors (Lipinski definition) is 4. The normalized spacial score (nSPS) is 19.8. The molecule has 0 spiro atoms. The van der Waals surface area contributed by atoms with Crippen LogP contribution in [0, 0.1) is 5.92 Å². The van der Waals surface area contributed by atoms with E-state index in [0.717, 1.165) is 24.8 Å². The molecular weight excluding hydrogens is 202 g/mol. The van der Waals surface area contributed by atoms with Crippen LogP contribution >= 0.6 is 0 Å². The van der Waals surface area contributed by atoms with Crippen LogP contribution in [-0.2, 0) is 6.54 Å². The molecule has 2 aliphatic rings. The van der Waals surface area contributed by atoms with Gasteiger partial charge in [-0.15, -0.1) is 0 Å². The Labute approximate surface area is 95.4 Å². The van der Waals surface area contributed by atoms with E-state index in [1.807, 2.05) is 0 Å². The topological polar surface area (TPSA) is 47.0 Å². The zero-order valence-electron chi connectivity index (χ0n) is 9.35. The summed E-state index contributed by atoms with van der Waals surface area (Å²) in [5.74, 6) is 1.42. The van der Waals surface area contributed by atoms with Crippen molar-refractivity contribution in [2.24, 2.45) is 5.92 Å². The standard InChI is InChI=1S/C12H17N3O/c1-2-9(1)8-16-12-7-14-11(6-15-12)5-13-10-3-4-10/h6-7,9-10,13H,1-5,8H2. The van der Waals surface area contributed by atoms with E-state index in [1.54, 1.807) is 12.4 Å². The van der Waals surface area contributed by atoms with Gasteiger partial charge < -0.3 is 10.1 Å². The quantitative estimate of drug-likeness (QED) is 0.788. The van der Waals surface area contributed by atoms with Crippen LogP contribution in [0.1, 0.15) is 31.4 Å². The summed E-state index contributed by atoms with van der Waals surface area (Å²) in [6.07, 6.45) is 8.74. The number of rotatable bonds is 6. The number of nitrogens with one attached hydrogen (secondary N) is 1. The molecule has 16 heavy (non-hydrogen) atoms. The van der Waals surface area contributed by atoms with Crippen molar-refractivity contribution in [1.29, 1.82) is 0 Å². The van der Waals surface area contributed by atoms with E-state index in [0.29, 0.717) is 11.9 Å². The molecule has 0 aliphatic heterocycles. The highest BCUT2D eigenvalue weighted by Crippen LogP contribution is 2.29. The second-order valence-electron chi connectivity index (χ2n) is 4.76. The van der Waals surface area contributed by atoms with Gasteiger partial charge in [0.15, 0.2) is 0 Å². The Hall–Kier alpha value is -1.16. The lowest BCUT2D eigenvalue weighted by atomic mass is 10.4. The molecule has 0 aromatic carbocycles. The van der Waals surface area contributed by atoms with E-state index in [-0.39, 0.29) is 0 Å². The fourth-order valence-corrected chi connectivity index (χ4v) is 1.53. The molecule has 0 amide bonds. The average Bonchev–Trinajstić information content (AvgIpc) is 3.17. The van der Waals surface area contributed by atoms with Gasteiger partial charge in [0, 0.05) is 12.6 Å². The third-order valence-electron chi connectivity index (χ3n) is 2.99. The van der Waals surface area contributed by atoms with E-state index >= 15 is 0 Å². The Morgan fingerprint density at radius 3 is 2.69 bits per heavy atom. The predicted octanol–water partition coefficient (Wildman–Crippen LogP) is 1.52. The molecule has 3 rings (SSSR count). The highest BCUT2D eigenvalue weighted by molar-refractivity contribution is 5.07. The molecule has 0 radical (unpaired) electrons. The van der Waals surface area contributed by atoms with Gasteiger partial charge in [0.1, 0.15) is 0 Å². The SMILES string of the molecule is c1nc(OCC2CC2)cnc1CNC1CC1. The van der Waals surface area contributed by atoms with E-state index in [4.69, 9.17) is 4.74 Å². The summed E-state index contributed by atoms with van der Waals surface area (Å²) in [4.78, 5) is 8.58. The lowest BCUT2D eigenvalue weighted by Crippen LogP contribution is -2.16. The summed E-state index contributed by atoms with van der Waals surface area (Å²) >= 11 is 0. The molecular formula is C12H17N3O. The Morgan fingerprint density at radius 2 is 2.06 bits per heavy atom. The van der Waals surface area contributed by atoms with Crippen molar-refractivity contribution in [3.8, 4) is 5.88 Å². The first-order valence-corrected chi connectivity index (χ1v) is 6.07. The van der Waals surface area contributed by atoms with Crippen molar-refractivity contribution in [3.63, 3.8) is 0 Å². The maximum Gasteiger partial charge on any atom is 0.232 e. The van der Waals surface area contributed by atoms with Crippen molar-refractivity contribution >= 4 is 0 Å². The highest BCUT2D eigenvalue weighted by atomic mass is 16.5. The van der Waals surface area contributed by atoms with Crippen molar-refractivity contribution in [2.75, 3.05) is 6.61 Å². The summed E-state index contributed by atoms with van der Waals surface area (Å²) < 4.78 is 5.53. The molecule has 86 valence electrons. The second kappa shape index (κ2) is 4.37. The highest BCUT2D eigenvalue weighted by Gasteiger charge is 2.22. The van der Waals surface area contributed by atoms with Gasteiger partial charge in [0.05, 0.1) is 24.7 Å². The zero-order chi connectivity index (χ0) is 10.8. The second-order valence-corrected chi connectivity index (χ2v) is 4.76. The average molecular weight is 219 g/mol. The Morgan fingerprint density at radius 1 is 1.19 bits per heavy atom. The first kappa shape index (κ1) is 10.0. The van der Waals surface area contributed by atoms with Crippen molar-refractivity contribution in [3.05, 3.63) is 18.1 Å². The Kier molecular flexibility index (Phi) is 2.74. The lowest BCUT2D eigenvalue weighted by Gasteiger charge is -2.05. The lowest BCUT2D eigenvalue weighted by molar-refractivity contribution is 0.287. The van der Waals surface area contributed by atoms with Crippen LogP contribution in [0.5, 0.6) is 5.88 Å². The minimum atomic E-state index is 0.655. The summed E-state index contributed by atoms with van der Waals surface area (Å²) in [6, 6.07) is 0.715. The van der Waals surface area contributed by atoms with Crippen molar-refractivity contribution < 1.29 is 4.74 Å². The maximum atomic E-state index is 5.53.